The molecule has 4 aromatic rings. The van der Waals surface area contributed by atoms with Crippen LogP contribution in [0.4, 0.5) is 0 Å². The molecule has 2 amide bonds. The van der Waals surface area contributed by atoms with Crippen molar-refractivity contribution in [3.8, 4) is 22.7 Å². The van der Waals surface area contributed by atoms with E-state index in [0.29, 0.717) is 29.1 Å². The summed E-state index contributed by atoms with van der Waals surface area (Å²) in [7, 11) is 1.57. The first kappa shape index (κ1) is 21.8. The molecule has 0 saturated heterocycles. The maximum absolute atomic E-state index is 13.0. The minimum atomic E-state index is -0.255. The van der Waals surface area contributed by atoms with Crippen LogP contribution in [-0.4, -0.2) is 41.8 Å². The third-order valence-electron chi connectivity index (χ3n) is 5.08. The van der Waals surface area contributed by atoms with E-state index in [2.05, 4.69) is 15.7 Å². The van der Waals surface area contributed by atoms with E-state index in [-0.39, 0.29) is 18.4 Å². The Balaban J connectivity index is 1.42. The van der Waals surface area contributed by atoms with Crippen molar-refractivity contribution in [2.24, 2.45) is 0 Å². The zero-order valence-corrected chi connectivity index (χ0v) is 18.2. The number of ether oxygens (including phenoxy) is 1. The Morgan fingerprint density at radius 3 is 2.06 bits per heavy atom. The number of benzene rings is 3. The molecule has 0 aliphatic carbocycles. The third kappa shape index (κ3) is 5.27. The summed E-state index contributed by atoms with van der Waals surface area (Å²) in [6, 6.07) is 26.0. The molecule has 3 aromatic carbocycles. The van der Waals surface area contributed by atoms with Crippen LogP contribution in [0, 0.1) is 0 Å². The zero-order chi connectivity index (χ0) is 23.0. The summed E-state index contributed by atoms with van der Waals surface area (Å²) in [5.74, 6) is 0.215. The molecule has 0 radical (unpaired) electrons. The average Bonchev–Trinajstić information content (AvgIpc) is 3.33. The number of aromatic nitrogens is 2. The standard InChI is InChI=1S/C26H24N4O3/c1-33-22-14-12-20(13-15-22)25(31)27-16-17-28-26(32)23-18-30(21-10-6-3-7-11-21)29-24(23)19-8-4-2-5-9-19/h2-15,18H,16-17H2,1H3,(H,27,31)(H,28,32). The fourth-order valence-corrected chi connectivity index (χ4v) is 3.35. The highest BCUT2D eigenvalue weighted by Gasteiger charge is 2.18. The van der Waals surface area contributed by atoms with E-state index in [0.717, 1.165) is 11.3 Å². The minimum absolute atomic E-state index is 0.214. The van der Waals surface area contributed by atoms with Crippen LogP contribution in [0.1, 0.15) is 20.7 Å². The van der Waals surface area contributed by atoms with Crippen molar-refractivity contribution in [1.82, 2.24) is 20.4 Å². The van der Waals surface area contributed by atoms with Crippen molar-refractivity contribution in [1.29, 1.82) is 0 Å². The molecule has 0 aliphatic rings. The molecule has 0 fully saturated rings. The molecule has 166 valence electrons. The molecule has 33 heavy (non-hydrogen) atoms. The van der Waals surface area contributed by atoms with Crippen molar-refractivity contribution >= 4 is 11.8 Å². The Morgan fingerprint density at radius 1 is 0.818 bits per heavy atom. The van der Waals surface area contributed by atoms with E-state index < -0.39 is 0 Å². The number of nitrogens with zero attached hydrogens (tertiary/aromatic N) is 2. The number of hydrogen-bond donors (Lipinski definition) is 2. The fraction of sp³-hybridized carbons (Fsp3) is 0.115. The average molecular weight is 441 g/mol. The van der Waals surface area contributed by atoms with Crippen LogP contribution in [0.2, 0.25) is 0 Å². The predicted molar refractivity (Wildman–Crippen MR) is 127 cm³/mol. The molecule has 2 N–H and O–H groups in total. The van der Waals surface area contributed by atoms with Crippen molar-refractivity contribution < 1.29 is 14.3 Å². The second kappa shape index (κ2) is 10.3. The van der Waals surface area contributed by atoms with Gasteiger partial charge in [0.25, 0.3) is 11.8 Å². The van der Waals surface area contributed by atoms with Gasteiger partial charge in [0.05, 0.1) is 18.4 Å². The van der Waals surface area contributed by atoms with E-state index in [1.807, 2.05) is 60.7 Å². The monoisotopic (exact) mass is 440 g/mol. The topological polar surface area (TPSA) is 85.3 Å². The number of carbonyl (C=O) groups excluding carboxylic acids is 2. The molecule has 7 nitrogen and oxygen atoms in total. The largest absolute Gasteiger partial charge is 0.497 e. The predicted octanol–water partition coefficient (Wildman–Crippen LogP) is 3.71. The smallest absolute Gasteiger partial charge is 0.255 e. The Morgan fingerprint density at radius 2 is 1.42 bits per heavy atom. The molecule has 1 aromatic heterocycles. The SMILES string of the molecule is COc1ccc(C(=O)NCCNC(=O)c2cn(-c3ccccc3)nc2-c2ccccc2)cc1. The van der Waals surface area contributed by atoms with Crippen LogP contribution in [0.25, 0.3) is 16.9 Å². The third-order valence-corrected chi connectivity index (χ3v) is 5.08. The summed E-state index contributed by atoms with van der Waals surface area (Å²) in [5.41, 5.74) is 3.30. The molecule has 0 bridgehead atoms. The highest BCUT2D eigenvalue weighted by atomic mass is 16.5. The maximum atomic E-state index is 13.0. The van der Waals surface area contributed by atoms with Gasteiger partial charge in [0.2, 0.25) is 0 Å². The molecule has 0 spiro atoms. The lowest BCUT2D eigenvalue weighted by atomic mass is 10.1. The van der Waals surface area contributed by atoms with Crippen LogP contribution in [0.3, 0.4) is 0 Å². The van der Waals surface area contributed by atoms with Crippen LogP contribution in [0.5, 0.6) is 5.75 Å². The molecular formula is C26H24N4O3. The quantitative estimate of drug-likeness (QED) is 0.409. The molecule has 0 saturated carbocycles. The van der Waals surface area contributed by atoms with Crippen LogP contribution < -0.4 is 15.4 Å². The molecule has 1 heterocycles. The Hall–Kier alpha value is -4.39. The summed E-state index contributed by atoms with van der Waals surface area (Å²) >= 11 is 0. The van der Waals surface area contributed by atoms with Gasteiger partial charge in [-0.05, 0) is 36.4 Å². The van der Waals surface area contributed by atoms with Crippen molar-refractivity contribution in [2.75, 3.05) is 20.2 Å². The molecule has 7 heteroatoms. The van der Waals surface area contributed by atoms with Gasteiger partial charge in [-0.25, -0.2) is 4.68 Å². The van der Waals surface area contributed by atoms with Gasteiger partial charge < -0.3 is 15.4 Å². The number of nitrogens with one attached hydrogen (secondary N) is 2. The van der Waals surface area contributed by atoms with Gasteiger partial charge in [-0.2, -0.15) is 5.10 Å². The van der Waals surface area contributed by atoms with Gasteiger partial charge in [-0.3, -0.25) is 9.59 Å². The van der Waals surface area contributed by atoms with Gasteiger partial charge in [0, 0.05) is 30.4 Å². The van der Waals surface area contributed by atoms with Crippen LogP contribution in [0.15, 0.2) is 91.1 Å². The second-order valence-corrected chi connectivity index (χ2v) is 7.28. The minimum Gasteiger partial charge on any atom is -0.497 e. The Labute approximate surface area is 192 Å². The van der Waals surface area contributed by atoms with Gasteiger partial charge in [-0.15, -0.1) is 0 Å². The maximum Gasteiger partial charge on any atom is 0.255 e. The van der Waals surface area contributed by atoms with E-state index in [1.54, 1.807) is 42.3 Å². The summed E-state index contributed by atoms with van der Waals surface area (Å²) < 4.78 is 6.80. The lowest BCUT2D eigenvalue weighted by Crippen LogP contribution is -2.34. The number of para-hydroxylation sites is 1. The number of methoxy groups -OCH3 is 1. The van der Waals surface area contributed by atoms with Crippen molar-refractivity contribution in [2.45, 2.75) is 0 Å². The summed E-state index contributed by atoms with van der Waals surface area (Å²) in [6.45, 7) is 0.579. The number of rotatable bonds is 8. The Kier molecular flexibility index (Phi) is 6.80. The zero-order valence-electron chi connectivity index (χ0n) is 18.2. The number of carbonyl (C=O) groups is 2. The number of amides is 2. The highest BCUT2D eigenvalue weighted by molar-refractivity contribution is 6.00. The lowest BCUT2D eigenvalue weighted by Gasteiger charge is -2.08. The molecule has 0 aliphatic heterocycles. The van der Waals surface area contributed by atoms with Gasteiger partial charge in [-0.1, -0.05) is 48.5 Å². The normalized spacial score (nSPS) is 10.5. The number of hydrogen-bond acceptors (Lipinski definition) is 4. The van der Waals surface area contributed by atoms with E-state index in [9.17, 15) is 9.59 Å². The van der Waals surface area contributed by atoms with Crippen molar-refractivity contribution in [3.63, 3.8) is 0 Å². The first-order valence-electron chi connectivity index (χ1n) is 10.6. The Bertz CT molecular complexity index is 1220. The van der Waals surface area contributed by atoms with Crippen LogP contribution >= 0.6 is 0 Å². The lowest BCUT2D eigenvalue weighted by molar-refractivity contribution is 0.0928. The van der Waals surface area contributed by atoms with Gasteiger partial charge in [0.1, 0.15) is 11.4 Å². The van der Waals surface area contributed by atoms with E-state index in [4.69, 9.17) is 4.74 Å². The molecule has 0 unspecified atom stereocenters. The van der Waals surface area contributed by atoms with E-state index >= 15 is 0 Å². The molecule has 4 rings (SSSR count). The van der Waals surface area contributed by atoms with Crippen LogP contribution in [-0.2, 0) is 0 Å². The van der Waals surface area contributed by atoms with Crippen molar-refractivity contribution in [3.05, 3.63) is 102 Å². The first-order valence-corrected chi connectivity index (χ1v) is 10.6. The summed E-state index contributed by atoms with van der Waals surface area (Å²) in [5, 5.41) is 10.3. The van der Waals surface area contributed by atoms with E-state index in [1.165, 1.54) is 0 Å². The molecular weight excluding hydrogens is 416 g/mol. The highest BCUT2D eigenvalue weighted by Crippen LogP contribution is 2.23. The van der Waals surface area contributed by atoms with Gasteiger partial charge in [0.15, 0.2) is 0 Å². The fourth-order valence-electron chi connectivity index (χ4n) is 3.35. The summed E-state index contributed by atoms with van der Waals surface area (Å²) in [4.78, 5) is 25.3. The first-order chi connectivity index (χ1) is 16.2. The molecule has 0 atom stereocenters. The summed E-state index contributed by atoms with van der Waals surface area (Å²) in [6.07, 6.45) is 1.73. The van der Waals surface area contributed by atoms with Gasteiger partial charge >= 0.3 is 0 Å². The second-order valence-electron chi connectivity index (χ2n) is 7.28.